The van der Waals surface area contributed by atoms with Crippen LogP contribution in [0, 0.1) is 5.82 Å². The van der Waals surface area contributed by atoms with Crippen molar-refractivity contribution in [2.45, 2.75) is 12.8 Å². The van der Waals surface area contributed by atoms with Gasteiger partial charge < -0.3 is 14.5 Å². The maximum Gasteiger partial charge on any atom is 0.253 e. The monoisotopic (exact) mass is 370 g/mol. The predicted molar refractivity (Wildman–Crippen MR) is 100 cm³/mol. The molecule has 27 heavy (non-hydrogen) atoms. The summed E-state index contributed by atoms with van der Waals surface area (Å²) in [6, 6.07) is 13.0. The highest BCUT2D eigenvalue weighted by molar-refractivity contribution is 5.94. The van der Waals surface area contributed by atoms with E-state index in [9.17, 15) is 14.0 Å². The molecule has 0 N–H and O–H groups in total. The normalized spacial score (nSPS) is 14.6. The minimum atomic E-state index is -0.311. The number of rotatable bonds is 4. The molecule has 0 unspecified atom stereocenters. The van der Waals surface area contributed by atoms with Crippen LogP contribution in [-0.4, -0.2) is 54.9 Å². The van der Waals surface area contributed by atoms with Crippen molar-refractivity contribution < 1.29 is 18.7 Å². The molecule has 142 valence electrons. The first-order valence-electron chi connectivity index (χ1n) is 9.02. The van der Waals surface area contributed by atoms with Gasteiger partial charge in [0, 0.05) is 31.7 Å². The smallest absolute Gasteiger partial charge is 0.253 e. The van der Waals surface area contributed by atoms with Crippen LogP contribution in [0.15, 0.2) is 48.5 Å². The van der Waals surface area contributed by atoms with E-state index in [2.05, 4.69) is 0 Å². The van der Waals surface area contributed by atoms with Gasteiger partial charge in [0.05, 0.1) is 13.5 Å². The third kappa shape index (κ3) is 4.84. The molecule has 0 radical (unpaired) electrons. The van der Waals surface area contributed by atoms with Crippen molar-refractivity contribution in [2.24, 2.45) is 0 Å². The predicted octanol–water partition coefficient (Wildman–Crippen LogP) is 2.75. The highest BCUT2D eigenvalue weighted by atomic mass is 19.1. The van der Waals surface area contributed by atoms with Crippen LogP contribution in [0.3, 0.4) is 0 Å². The number of benzene rings is 2. The van der Waals surface area contributed by atoms with E-state index in [4.69, 9.17) is 4.74 Å². The number of hydrogen-bond acceptors (Lipinski definition) is 3. The van der Waals surface area contributed by atoms with Crippen LogP contribution in [0.2, 0.25) is 0 Å². The van der Waals surface area contributed by atoms with Crippen LogP contribution in [-0.2, 0) is 11.2 Å². The highest BCUT2D eigenvalue weighted by Crippen LogP contribution is 2.15. The number of hydrogen-bond donors (Lipinski definition) is 0. The van der Waals surface area contributed by atoms with Crippen molar-refractivity contribution in [3.63, 3.8) is 0 Å². The third-order valence-corrected chi connectivity index (χ3v) is 4.74. The molecule has 1 saturated heterocycles. The summed E-state index contributed by atoms with van der Waals surface area (Å²) in [5, 5.41) is 0. The van der Waals surface area contributed by atoms with Crippen molar-refractivity contribution in [1.29, 1.82) is 0 Å². The van der Waals surface area contributed by atoms with Crippen molar-refractivity contribution in [3.8, 4) is 5.75 Å². The largest absolute Gasteiger partial charge is 0.497 e. The summed E-state index contributed by atoms with van der Waals surface area (Å²) in [5.41, 5.74) is 1.40. The molecule has 2 aromatic rings. The van der Waals surface area contributed by atoms with Gasteiger partial charge in [-0.1, -0.05) is 12.1 Å². The molecule has 6 heteroatoms. The summed E-state index contributed by atoms with van der Waals surface area (Å²) >= 11 is 0. The fraction of sp³-hybridized carbons (Fsp3) is 0.333. The lowest BCUT2D eigenvalue weighted by Gasteiger charge is -2.22. The number of nitrogens with zero attached hydrogens (tertiary/aromatic N) is 2. The number of amides is 2. The molecule has 0 atom stereocenters. The summed E-state index contributed by atoms with van der Waals surface area (Å²) in [6.45, 7) is 2.24. The molecule has 0 aliphatic carbocycles. The number of ether oxygens (including phenoxy) is 1. The van der Waals surface area contributed by atoms with E-state index in [1.165, 1.54) is 12.1 Å². The van der Waals surface area contributed by atoms with Crippen molar-refractivity contribution in [2.75, 3.05) is 33.3 Å². The first-order chi connectivity index (χ1) is 13.1. The minimum absolute atomic E-state index is 0.000328. The SMILES string of the molecule is COc1ccc(C(=O)N2CCCN(C(=O)Cc3ccc(F)cc3)CC2)cc1. The Hall–Kier alpha value is -2.89. The van der Waals surface area contributed by atoms with E-state index < -0.39 is 0 Å². The van der Waals surface area contributed by atoms with Crippen LogP contribution in [0.5, 0.6) is 5.75 Å². The summed E-state index contributed by atoms with van der Waals surface area (Å²) in [6.07, 6.45) is 0.976. The van der Waals surface area contributed by atoms with Gasteiger partial charge in [0.1, 0.15) is 11.6 Å². The molecule has 1 fully saturated rings. The maximum atomic E-state index is 13.0. The molecular formula is C21H23FN2O3. The molecule has 3 rings (SSSR count). The quantitative estimate of drug-likeness (QED) is 0.832. The van der Waals surface area contributed by atoms with Crippen molar-refractivity contribution in [3.05, 3.63) is 65.5 Å². The minimum Gasteiger partial charge on any atom is -0.497 e. The van der Waals surface area contributed by atoms with Crippen molar-refractivity contribution >= 4 is 11.8 Å². The number of carbonyl (C=O) groups is 2. The van der Waals surface area contributed by atoms with Gasteiger partial charge in [-0.15, -0.1) is 0 Å². The van der Waals surface area contributed by atoms with E-state index in [-0.39, 0.29) is 24.1 Å². The molecule has 1 heterocycles. The van der Waals surface area contributed by atoms with Gasteiger partial charge in [0.2, 0.25) is 5.91 Å². The molecule has 0 bridgehead atoms. The molecule has 2 amide bonds. The second-order valence-corrected chi connectivity index (χ2v) is 6.56. The van der Waals surface area contributed by atoms with Gasteiger partial charge in [-0.25, -0.2) is 4.39 Å². The Morgan fingerprint density at radius 2 is 1.56 bits per heavy atom. The summed E-state index contributed by atoms with van der Waals surface area (Å²) < 4.78 is 18.1. The van der Waals surface area contributed by atoms with Gasteiger partial charge in [0.25, 0.3) is 5.91 Å². The van der Waals surface area contributed by atoms with Gasteiger partial charge in [-0.2, -0.15) is 0 Å². The fourth-order valence-electron chi connectivity index (χ4n) is 3.17. The Morgan fingerprint density at radius 3 is 2.22 bits per heavy atom. The highest BCUT2D eigenvalue weighted by Gasteiger charge is 2.23. The standard InChI is InChI=1S/C21H23FN2O3/c1-27-19-9-5-17(6-10-19)21(26)24-12-2-11-23(13-14-24)20(25)15-16-3-7-18(22)8-4-16/h3-10H,2,11-15H2,1H3. The molecule has 1 aliphatic heterocycles. The molecule has 1 aliphatic rings. The fourth-order valence-corrected chi connectivity index (χ4v) is 3.17. The second kappa shape index (κ2) is 8.66. The van der Waals surface area contributed by atoms with E-state index in [0.717, 1.165) is 12.0 Å². The topological polar surface area (TPSA) is 49.9 Å². The van der Waals surface area contributed by atoms with Gasteiger partial charge in [0.15, 0.2) is 0 Å². The zero-order chi connectivity index (χ0) is 19.2. The molecule has 2 aromatic carbocycles. The lowest BCUT2D eigenvalue weighted by atomic mass is 10.1. The van der Waals surface area contributed by atoms with E-state index >= 15 is 0 Å². The van der Waals surface area contributed by atoms with Crippen LogP contribution in [0.25, 0.3) is 0 Å². The van der Waals surface area contributed by atoms with Crippen LogP contribution in [0.1, 0.15) is 22.3 Å². The third-order valence-electron chi connectivity index (χ3n) is 4.74. The van der Waals surface area contributed by atoms with E-state index in [0.29, 0.717) is 37.5 Å². The van der Waals surface area contributed by atoms with Crippen LogP contribution >= 0.6 is 0 Å². The van der Waals surface area contributed by atoms with Gasteiger partial charge >= 0.3 is 0 Å². The molecule has 0 spiro atoms. The lowest BCUT2D eigenvalue weighted by molar-refractivity contribution is -0.130. The van der Waals surface area contributed by atoms with Crippen LogP contribution in [0.4, 0.5) is 4.39 Å². The Morgan fingerprint density at radius 1 is 0.926 bits per heavy atom. The summed E-state index contributed by atoms with van der Waals surface area (Å²) in [5.74, 6) is 0.361. The number of carbonyl (C=O) groups excluding carboxylic acids is 2. The molecule has 5 nitrogen and oxygen atoms in total. The second-order valence-electron chi connectivity index (χ2n) is 6.56. The zero-order valence-electron chi connectivity index (χ0n) is 15.4. The molecule has 0 saturated carbocycles. The van der Waals surface area contributed by atoms with E-state index in [1.54, 1.807) is 53.3 Å². The Balaban J connectivity index is 1.58. The van der Waals surface area contributed by atoms with E-state index in [1.807, 2.05) is 0 Å². The average Bonchev–Trinajstić information content (AvgIpc) is 2.95. The van der Waals surface area contributed by atoms with Crippen molar-refractivity contribution in [1.82, 2.24) is 9.80 Å². The maximum absolute atomic E-state index is 13.0. The lowest BCUT2D eigenvalue weighted by Crippen LogP contribution is -2.38. The average molecular weight is 370 g/mol. The number of halogens is 1. The first-order valence-corrected chi connectivity index (χ1v) is 9.02. The first kappa shape index (κ1) is 18.9. The number of methoxy groups -OCH3 is 1. The zero-order valence-corrected chi connectivity index (χ0v) is 15.4. The Kier molecular flexibility index (Phi) is 6.06. The molecule has 0 aromatic heterocycles. The summed E-state index contributed by atoms with van der Waals surface area (Å²) in [7, 11) is 1.59. The Bertz CT molecular complexity index is 790. The van der Waals surface area contributed by atoms with Gasteiger partial charge in [-0.05, 0) is 48.4 Å². The van der Waals surface area contributed by atoms with Crippen LogP contribution < -0.4 is 4.74 Å². The molecular weight excluding hydrogens is 347 g/mol. The summed E-state index contributed by atoms with van der Waals surface area (Å²) in [4.78, 5) is 28.8. The van der Waals surface area contributed by atoms with Gasteiger partial charge in [-0.3, -0.25) is 9.59 Å². The Labute approximate surface area is 158 Å².